The third-order valence-electron chi connectivity index (χ3n) is 2.56. The molecule has 1 aromatic heterocycles. The van der Waals surface area contributed by atoms with E-state index in [1.807, 2.05) is 0 Å². The molecule has 6 nitrogen and oxygen atoms in total. The SMILES string of the molecule is COc1nc(Br)cnc1N1CC(SC(C)=O)CC1=O. The summed E-state index contributed by atoms with van der Waals surface area (Å²) in [5.74, 6) is 0.604. The Balaban J connectivity index is 2.23. The number of methoxy groups -OCH3 is 1. The lowest BCUT2D eigenvalue weighted by atomic mass is 10.4. The van der Waals surface area contributed by atoms with E-state index < -0.39 is 0 Å². The van der Waals surface area contributed by atoms with Crippen molar-refractivity contribution in [1.82, 2.24) is 9.97 Å². The van der Waals surface area contributed by atoms with Crippen molar-refractivity contribution in [2.45, 2.75) is 18.6 Å². The van der Waals surface area contributed by atoms with Gasteiger partial charge in [0.15, 0.2) is 10.9 Å². The van der Waals surface area contributed by atoms with E-state index in [-0.39, 0.29) is 22.2 Å². The van der Waals surface area contributed by atoms with E-state index in [1.165, 1.54) is 36.9 Å². The number of carbonyl (C=O) groups is 2. The normalized spacial score (nSPS) is 18.8. The molecule has 0 aliphatic carbocycles. The van der Waals surface area contributed by atoms with Crippen molar-refractivity contribution in [2.75, 3.05) is 18.6 Å². The lowest BCUT2D eigenvalue weighted by Crippen LogP contribution is -2.26. The maximum atomic E-state index is 12.0. The third kappa shape index (κ3) is 3.24. The van der Waals surface area contributed by atoms with Crippen molar-refractivity contribution < 1.29 is 14.3 Å². The fourth-order valence-corrected chi connectivity index (χ4v) is 3.04. The zero-order chi connectivity index (χ0) is 14.0. The summed E-state index contributed by atoms with van der Waals surface area (Å²) in [7, 11) is 1.47. The van der Waals surface area contributed by atoms with Gasteiger partial charge in [-0.2, -0.15) is 0 Å². The molecule has 0 bridgehead atoms. The van der Waals surface area contributed by atoms with Crippen molar-refractivity contribution in [3.8, 4) is 5.88 Å². The van der Waals surface area contributed by atoms with Crippen molar-refractivity contribution in [1.29, 1.82) is 0 Å². The minimum absolute atomic E-state index is 0.00788. The van der Waals surface area contributed by atoms with Crippen molar-refractivity contribution >= 4 is 44.5 Å². The van der Waals surface area contributed by atoms with Gasteiger partial charge in [-0.15, -0.1) is 0 Å². The van der Waals surface area contributed by atoms with Crippen LogP contribution in [-0.2, 0) is 9.59 Å². The molecule has 8 heteroatoms. The Labute approximate surface area is 123 Å². The van der Waals surface area contributed by atoms with E-state index in [4.69, 9.17) is 4.74 Å². The summed E-state index contributed by atoms with van der Waals surface area (Å²) < 4.78 is 5.67. The molecular formula is C11H12BrN3O3S. The third-order valence-corrected chi connectivity index (χ3v) is 3.93. The Hall–Kier alpha value is -1.15. The van der Waals surface area contributed by atoms with Gasteiger partial charge in [0.2, 0.25) is 5.91 Å². The average molecular weight is 346 g/mol. The van der Waals surface area contributed by atoms with E-state index in [2.05, 4.69) is 25.9 Å². The van der Waals surface area contributed by atoms with E-state index in [1.54, 1.807) is 0 Å². The summed E-state index contributed by atoms with van der Waals surface area (Å²) in [4.78, 5) is 32.9. The number of rotatable bonds is 3. The smallest absolute Gasteiger partial charge is 0.258 e. The first-order valence-electron chi connectivity index (χ1n) is 5.55. The van der Waals surface area contributed by atoms with Crippen molar-refractivity contribution in [3.63, 3.8) is 0 Å². The molecule has 2 rings (SSSR count). The highest BCUT2D eigenvalue weighted by Gasteiger charge is 2.34. The first-order valence-corrected chi connectivity index (χ1v) is 7.22. The van der Waals surface area contributed by atoms with Crippen molar-refractivity contribution in [2.24, 2.45) is 0 Å². The van der Waals surface area contributed by atoms with Gasteiger partial charge in [0.1, 0.15) is 4.60 Å². The molecule has 2 heterocycles. The summed E-state index contributed by atoms with van der Waals surface area (Å²) in [5.41, 5.74) is 0. The Bertz CT molecular complexity index is 526. The summed E-state index contributed by atoms with van der Waals surface area (Å²) in [6.45, 7) is 1.94. The molecule has 1 saturated heterocycles. The number of anilines is 1. The van der Waals surface area contributed by atoms with Crippen LogP contribution in [0.5, 0.6) is 5.88 Å². The van der Waals surface area contributed by atoms with Crippen molar-refractivity contribution in [3.05, 3.63) is 10.8 Å². The van der Waals surface area contributed by atoms with Gasteiger partial charge in [-0.1, -0.05) is 11.8 Å². The molecule has 19 heavy (non-hydrogen) atoms. The predicted octanol–water partition coefficient (Wildman–Crippen LogP) is 1.63. The van der Waals surface area contributed by atoms with Gasteiger partial charge in [0.25, 0.3) is 5.88 Å². The quantitative estimate of drug-likeness (QED) is 0.828. The largest absolute Gasteiger partial charge is 0.478 e. The summed E-state index contributed by atoms with van der Waals surface area (Å²) in [6, 6.07) is 0. The van der Waals surface area contributed by atoms with E-state index >= 15 is 0 Å². The number of thioether (sulfide) groups is 1. The number of nitrogens with zero attached hydrogens (tertiary/aromatic N) is 3. The molecule has 102 valence electrons. The Morgan fingerprint density at radius 1 is 1.63 bits per heavy atom. The molecule has 1 unspecified atom stereocenters. The molecule has 1 aromatic rings. The van der Waals surface area contributed by atoms with E-state index in [0.717, 1.165) is 0 Å². The predicted molar refractivity (Wildman–Crippen MR) is 75.3 cm³/mol. The van der Waals surface area contributed by atoms with Crippen LogP contribution in [0.3, 0.4) is 0 Å². The van der Waals surface area contributed by atoms with E-state index in [9.17, 15) is 9.59 Å². The molecule has 1 atom stereocenters. The summed E-state index contributed by atoms with van der Waals surface area (Å²) >= 11 is 4.38. The van der Waals surface area contributed by atoms with Crippen LogP contribution in [0.15, 0.2) is 10.8 Å². The number of carbonyl (C=O) groups excluding carboxylic acids is 2. The summed E-state index contributed by atoms with van der Waals surface area (Å²) in [6.07, 6.45) is 1.84. The molecule has 0 radical (unpaired) electrons. The topological polar surface area (TPSA) is 72.4 Å². The standard InChI is InChI=1S/C11H12BrN3O3S/c1-6(16)19-7-3-9(17)15(5-7)10-11(18-2)14-8(12)4-13-10/h4,7H,3,5H2,1-2H3. The first kappa shape index (κ1) is 14.3. The molecule has 1 amide bonds. The molecule has 0 aromatic carbocycles. The molecular weight excluding hydrogens is 334 g/mol. The second-order valence-electron chi connectivity index (χ2n) is 3.97. The van der Waals surface area contributed by atoms with E-state index in [0.29, 0.717) is 23.4 Å². The van der Waals surface area contributed by atoms with Crippen LogP contribution in [0.25, 0.3) is 0 Å². The lowest BCUT2D eigenvalue weighted by Gasteiger charge is -2.17. The second kappa shape index (κ2) is 5.87. The molecule has 0 saturated carbocycles. The van der Waals surface area contributed by atoms with Gasteiger partial charge in [0, 0.05) is 25.1 Å². The number of aromatic nitrogens is 2. The van der Waals surface area contributed by atoms with Crippen LogP contribution < -0.4 is 9.64 Å². The first-order chi connectivity index (χ1) is 9.01. The molecule has 0 spiro atoms. The Kier molecular flexibility index (Phi) is 4.41. The molecule has 1 fully saturated rings. The second-order valence-corrected chi connectivity index (χ2v) is 6.26. The number of amides is 1. The highest BCUT2D eigenvalue weighted by molar-refractivity contribution is 9.10. The van der Waals surface area contributed by atoms with Crippen LogP contribution in [0.2, 0.25) is 0 Å². The molecule has 0 N–H and O–H groups in total. The van der Waals surface area contributed by atoms with Crippen LogP contribution in [0.1, 0.15) is 13.3 Å². The fraction of sp³-hybridized carbons (Fsp3) is 0.455. The Morgan fingerprint density at radius 2 is 2.37 bits per heavy atom. The zero-order valence-electron chi connectivity index (χ0n) is 10.4. The molecule has 1 aliphatic heterocycles. The number of hydrogen-bond acceptors (Lipinski definition) is 6. The number of halogens is 1. The van der Waals surface area contributed by atoms with Gasteiger partial charge >= 0.3 is 0 Å². The minimum atomic E-state index is -0.0753. The van der Waals surface area contributed by atoms with Gasteiger partial charge < -0.3 is 4.74 Å². The lowest BCUT2D eigenvalue weighted by molar-refractivity contribution is -0.117. The highest BCUT2D eigenvalue weighted by Crippen LogP contribution is 2.32. The van der Waals surface area contributed by atoms with Crippen LogP contribution in [0.4, 0.5) is 5.82 Å². The summed E-state index contributed by atoms with van der Waals surface area (Å²) in [5, 5.41) is -0.0336. The van der Waals surface area contributed by atoms with Gasteiger partial charge in [-0.3, -0.25) is 14.5 Å². The maximum Gasteiger partial charge on any atom is 0.258 e. The van der Waals surface area contributed by atoms with Gasteiger partial charge in [-0.05, 0) is 15.9 Å². The van der Waals surface area contributed by atoms with Crippen LogP contribution in [0, 0.1) is 0 Å². The number of hydrogen-bond donors (Lipinski definition) is 0. The highest BCUT2D eigenvalue weighted by atomic mass is 79.9. The molecule has 1 aliphatic rings. The van der Waals surface area contributed by atoms with Gasteiger partial charge in [0.05, 0.1) is 13.3 Å². The number of ether oxygens (including phenoxy) is 1. The van der Waals surface area contributed by atoms with Crippen LogP contribution in [-0.4, -0.2) is 39.9 Å². The average Bonchev–Trinajstić information content (AvgIpc) is 2.69. The monoisotopic (exact) mass is 345 g/mol. The minimum Gasteiger partial charge on any atom is -0.478 e. The maximum absolute atomic E-state index is 12.0. The van der Waals surface area contributed by atoms with Gasteiger partial charge in [-0.25, -0.2) is 9.97 Å². The Morgan fingerprint density at radius 3 is 3.00 bits per heavy atom. The van der Waals surface area contributed by atoms with Crippen LogP contribution >= 0.6 is 27.7 Å². The fourth-order valence-electron chi connectivity index (χ4n) is 1.86. The zero-order valence-corrected chi connectivity index (χ0v) is 12.8.